The van der Waals surface area contributed by atoms with Gasteiger partial charge in [0.25, 0.3) is 0 Å². The number of rotatable bonds is 19. The van der Waals surface area contributed by atoms with E-state index in [0.29, 0.717) is 83.2 Å². The molecule has 3 atom stereocenters. The van der Waals surface area contributed by atoms with Gasteiger partial charge in [-0.3, -0.25) is 19.7 Å². The molecule has 0 bridgehead atoms. The molecule has 1 aliphatic heterocycles. The molecule has 5 aromatic rings. The molecule has 1 saturated carbocycles. The summed E-state index contributed by atoms with van der Waals surface area (Å²) in [4.78, 5) is 58.0. The molecule has 2 aliphatic rings. The summed E-state index contributed by atoms with van der Waals surface area (Å²) in [5, 5.41) is 20.1. The minimum absolute atomic E-state index is 0.0107. The van der Waals surface area contributed by atoms with Crippen LogP contribution in [0.5, 0.6) is 11.5 Å². The van der Waals surface area contributed by atoms with Gasteiger partial charge in [-0.1, -0.05) is 98.3 Å². The fraction of sp³-hybridized carbons (Fsp3) is 0.451. The number of carbonyl (C=O) groups excluding carboxylic acids is 3. The Morgan fingerprint density at radius 2 is 1.68 bits per heavy atom. The molecule has 4 aromatic carbocycles. The van der Waals surface area contributed by atoms with Gasteiger partial charge in [0.1, 0.15) is 23.1 Å². The number of benzene rings is 4. The van der Waals surface area contributed by atoms with E-state index >= 15 is 0 Å². The van der Waals surface area contributed by atoms with Crippen molar-refractivity contribution in [1.82, 2.24) is 20.1 Å². The second-order valence-electron chi connectivity index (χ2n) is 19.6. The number of carbonyl (C=O) groups is 3. The number of aromatic amines is 1. The minimum Gasteiger partial charge on any atom is -0.506 e. The molecule has 3 amide bonds. The number of phenols is 1. The zero-order chi connectivity index (χ0) is 48.8. The number of para-hydroxylation sites is 1. The van der Waals surface area contributed by atoms with Crippen molar-refractivity contribution < 1.29 is 33.4 Å². The fourth-order valence-electron chi connectivity index (χ4n) is 9.03. The SMILES string of the molecule is COc1cc(NC(=O)CCCN(C)C(=O)CCN2CC3CC(OC(=O)Nc4ccccc4-c4ccccc4)CC3C2)c(Cl)cc1CNCC(O[Si](C)(C)C(C)(C)C)c1ccc(O)c2[nH]c(=O)sc12. The summed E-state index contributed by atoms with van der Waals surface area (Å²) in [7, 11) is 1.05. The zero-order valence-electron chi connectivity index (χ0n) is 40.1. The maximum atomic E-state index is 13.1. The summed E-state index contributed by atoms with van der Waals surface area (Å²) in [5.41, 5.74) is 5.10. The Bertz CT molecular complexity index is 2620. The number of aromatic nitrogens is 1. The van der Waals surface area contributed by atoms with Crippen LogP contribution in [-0.4, -0.2) is 99.1 Å². The molecule has 14 nitrogen and oxygen atoms in total. The molecule has 1 saturated heterocycles. The Hall–Kier alpha value is -5.23. The summed E-state index contributed by atoms with van der Waals surface area (Å²) < 4.78 is 19.2. The number of phenolic OH excluding ortho intramolecular Hbond substituents is 1. The standard InChI is InChI=1S/C51H65ClN6O8SSi/c1-51(2,3)68(6,7)66-44(38-19-20-42(59)47-48(38)67-50(63)56-47)29-53-28-33-26-39(52)41(27-43(33)64-5)54-45(60)18-13-22-57(4)46(61)21-23-58-30-34-24-36(25-35(34)31-58)65-49(62)55-40-17-12-11-16-37(40)32-14-9-8-10-15-32/h8-12,14-17,19-20,26-27,34-36,44,53,59H,13,18,21-25,28-31H2,1-7H3,(H,54,60)(H,55,62)(H,56,63). The van der Waals surface area contributed by atoms with Crippen molar-refractivity contribution in [3.05, 3.63) is 105 Å². The van der Waals surface area contributed by atoms with E-state index in [0.717, 1.165) is 59.5 Å². The molecule has 7 rings (SSSR count). The first-order valence-electron chi connectivity index (χ1n) is 23.4. The molecule has 0 radical (unpaired) electrons. The van der Waals surface area contributed by atoms with E-state index in [2.05, 4.69) is 59.7 Å². The van der Waals surface area contributed by atoms with Crippen LogP contribution >= 0.6 is 22.9 Å². The van der Waals surface area contributed by atoms with Crippen LogP contribution in [0.2, 0.25) is 23.2 Å². The highest BCUT2D eigenvalue weighted by atomic mass is 35.5. The Balaban J connectivity index is 0.827. The van der Waals surface area contributed by atoms with Crippen LogP contribution in [-0.2, 0) is 25.3 Å². The van der Waals surface area contributed by atoms with E-state index in [-0.39, 0.29) is 40.0 Å². The number of thiazole rings is 1. The van der Waals surface area contributed by atoms with Crippen LogP contribution in [0.4, 0.5) is 16.2 Å². The number of aromatic hydroxyl groups is 1. The third-order valence-electron chi connectivity index (χ3n) is 13.7. The van der Waals surface area contributed by atoms with Crippen LogP contribution in [0.25, 0.3) is 21.3 Å². The normalized spacial score (nSPS) is 17.7. The smallest absolute Gasteiger partial charge is 0.411 e. The van der Waals surface area contributed by atoms with Crippen molar-refractivity contribution >= 4 is 70.8 Å². The molecular formula is C51H65ClN6O8SSi. The van der Waals surface area contributed by atoms with Gasteiger partial charge in [0.05, 0.1) is 34.3 Å². The van der Waals surface area contributed by atoms with Gasteiger partial charge in [0, 0.05) is 81.9 Å². The van der Waals surface area contributed by atoms with Crippen LogP contribution in [0.1, 0.15) is 70.1 Å². The lowest BCUT2D eigenvalue weighted by Gasteiger charge is -2.39. The fourth-order valence-corrected chi connectivity index (χ4v) is 11.5. The average Bonchev–Trinajstić information content (AvgIpc) is 3.99. The van der Waals surface area contributed by atoms with Crippen LogP contribution < -0.4 is 25.6 Å². The number of halogens is 1. The molecular weight excluding hydrogens is 920 g/mol. The van der Waals surface area contributed by atoms with Crippen LogP contribution in [0, 0.1) is 11.8 Å². The zero-order valence-corrected chi connectivity index (χ0v) is 42.7. The third-order valence-corrected chi connectivity index (χ3v) is 19.5. The third kappa shape index (κ3) is 12.5. The highest BCUT2D eigenvalue weighted by Gasteiger charge is 2.43. The maximum Gasteiger partial charge on any atom is 0.411 e. The van der Waals surface area contributed by atoms with Gasteiger partial charge in [-0.15, -0.1) is 0 Å². The van der Waals surface area contributed by atoms with Crippen molar-refractivity contribution in [3.63, 3.8) is 0 Å². The van der Waals surface area contributed by atoms with E-state index in [4.69, 9.17) is 25.5 Å². The number of ether oxygens (including phenoxy) is 2. The molecule has 2 heterocycles. The van der Waals surface area contributed by atoms with Gasteiger partial charge in [-0.05, 0) is 73.0 Å². The van der Waals surface area contributed by atoms with Crippen LogP contribution in [0.3, 0.4) is 0 Å². The number of fused-ring (bicyclic) bond motifs is 2. The first-order valence-corrected chi connectivity index (χ1v) is 27.5. The number of methoxy groups -OCH3 is 1. The predicted octanol–water partition coefficient (Wildman–Crippen LogP) is 10.0. The molecule has 1 aliphatic carbocycles. The molecule has 68 heavy (non-hydrogen) atoms. The Labute approximate surface area is 408 Å². The topological polar surface area (TPSA) is 175 Å². The van der Waals surface area contributed by atoms with Gasteiger partial charge in [0.15, 0.2) is 8.32 Å². The van der Waals surface area contributed by atoms with Crippen molar-refractivity contribution in [2.75, 3.05) is 57.5 Å². The molecule has 1 aromatic heterocycles. The summed E-state index contributed by atoms with van der Waals surface area (Å²) in [6, 6.07) is 24.5. The molecule has 3 unspecified atom stereocenters. The number of nitrogens with one attached hydrogen (secondary N) is 4. The molecule has 0 spiro atoms. The van der Waals surface area contributed by atoms with Gasteiger partial charge in [-0.25, -0.2) is 4.79 Å². The first-order chi connectivity index (χ1) is 32.4. The van der Waals surface area contributed by atoms with Crippen molar-refractivity contribution in [3.8, 4) is 22.6 Å². The summed E-state index contributed by atoms with van der Waals surface area (Å²) in [6.45, 7) is 14.5. The number of amides is 3. The summed E-state index contributed by atoms with van der Waals surface area (Å²) in [5.74, 6) is 1.21. The number of H-pyrrole nitrogens is 1. The number of anilines is 2. The lowest BCUT2D eigenvalue weighted by molar-refractivity contribution is -0.130. The van der Waals surface area contributed by atoms with E-state index < -0.39 is 20.5 Å². The number of nitrogens with zero attached hydrogens (tertiary/aromatic N) is 2. The van der Waals surface area contributed by atoms with Gasteiger partial charge in [0.2, 0.25) is 11.8 Å². The second-order valence-corrected chi connectivity index (χ2v) is 25.7. The lowest BCUT2D eigenvalue weighted by Crippen LogP contribution is -2.43. The van der Waals surface area contributed by atoms with Crippen LogP contribution in [0.15, 0.2) is 83.7 Å². The van der Waals surface area contributed by atoms with Gasteiger partial charge < -0.3 is 44.4 Å². The molecule has 5 N–H and O–H groups in total. The van der Waals surface area contributed by atoms with Gasteiger partial charge >= 0.3 is 11.0 Å². The van der Waals surface area contributed by atoms with E-state index in [1.165, 1.54) is 0 Å². The summed E-state index contributed by atoms with van der Waals surface area (Å²) >= 11 is 7.78. The van der Waals surface area contributed by atoms with E-state index in [1.807, 2.05) is 60.7 Å². The average molecular weight is 986 g/mol. The monoisotopic (exact) mass is 984 g/mol. The maximum absolute atomic E-state index is 13.1. The summed E-state index contributed by atoms with van der Waals surface area (Å²) in [6.07, 6.45) is 1.71. The van der Waals surface area contributed by atoms with Crippen molar-refractivity contribution in [2.45, 2.75) is 89.8 Å². The van der Waals surface area contributed by atoms with E-state index in [1.54, 1.807) is 37.3 Å². The highest BCUT2D eigenvalue weighted by molar-refractivity contribution is 7.16. The lowest BCUT2D eigenvalue weighted by atomic mass is 10.0. The number of hydrogen-bond donors (Lipinski definition) is 5. The highest BCUT2D eigenvalue weighted by Crippen LogP contribution is 2.43. The molecule has 17 heteroatoms. The Morgan fingerprint density at radius 3 is 2.38 bits per heavy atom. The second kappa shape index (κ2) is 22.0. The molecule has 364 valence electrons. The van der Waals surface area contributed by atoms with Crippen molar-refractivity contribution in [1.29, 1.82) is 0 Å². The predicted molar refractivity (Wildman–Crippen MR) is 273 cm³/mol. The number of hydrogen-bond acceptors (Lipinski definition) is 11. The number of likely N-dealkylation sites (tertiary alicyclic amines) is 1. The molecule has 2 fully saturated rings. The van der Waals surface area contributed by atoms with E-state index in [9.17, 15) is 24.3 Å². The largest absolute Gasteiger partial charge is 0.506 e. The first kappa shape index (κ1) is 50.6. The Morgan fingerprint density at radius 1 is 0.971 bits per heavy atom. The van der Waals surface area contributed by atoms with Crippen molar-refractivity contribution in [2.24, 2.45) is 11.8 Å². The quantitative estimate of drug-likeness (QED) is 0.0501. The Kier molecular flexibility index (Phi) is 16.4. The van der Waals surface area contributed by atoms with Gasteiger partial charge in [-0.2, -0.15) is 0 Å². The minimum atomic E-state index is -2.28.